The molecule has 4 heteroatoms. The molecule has 1 N–H and O–H groups in total. The van der Waals surface area contributed by atoms with Crippen molar-refractivity contribution >= 4 is 28.8 Å². The average molecular weight is 306 g/mol. The molecule has 1 atom stereocenters. The quantitative estimate of drug-likeness (QED) is 0.856. The zero-order valence-corrected chi connectivity index (χ0v) is 12.9. The van der Waals surface area contributed by atoms with Crippen LogP contribution in [0.2, 0.25) is 0 Å². The molecule has 0 aliphatic carbocycles. The zero-order chi connectivity index (χ0) is 14.1. The Kier molecular flexibility index (Phi) is 3.81. The predicted molar refractivity (Wildman–Crippen MR) is 83.9 cm³/mol. The van der Waals surface area contributed by atoms with Crippen LogP contribution in [0.1, 0.15) is 43.5 Å². The molecule has 1 unspecified atom stereocenters. The van der Waals surface area contributed by atoms with Crippen LogP contribution in [-0.4, -0.2) is 12.5 Å². The predicted octanol–water partition coefficient (Wildman–Crippen LogP) is 3.92. The molecule has 0 spiro atoms. The summed E-state index contributed by atoms with van der Waals surface area (Å²) in [6, 6.07) is 10.2. The van der Waals surface area contributed by atoms with E-state index in [1.54, 1.807) is 11.3 Å². The van der Waals surface area contributed by atoms with Gasteiger partial charge in [0.05, 0.1) is 5.38 Å². The highest BCUT2D eigenvalue weighted by Gasteiger charge is 2.20. The van der Waals surface area contributed by atoms with Crippen molar-refractivity contribution in [2.24, 2.45) is 0 Å². The highest BCUT2D eigenvalue weighted by Crippen LogP contribution is 2.35. The summed E-state index contributed by atoms with van der Waals surface area (Å²) in [5, 5.41) is 2.70. The number of thiophene rings is 1. The number of hydrogen-bond donors (Lipinski definition) is 1. The number of benzene rings is 1. The molecule has 2 nitrogen and oxygen atoms in total. The first-order valence-corrected chi connectivity index (χ1v) is 8.08. The fraction of sp³-hybridized carbons (Fsp3) is 0.312. The topological polar surface area (TPSA) is 29.1 Å². The van der Waals surface area contributed by atoms with E-state index in [9.17, 15) is 4.79 Å². The Morgan fingerprint density at radius 3 is 2.95 bits per heavy atom. The lowest BCUT2D eigenvalue weighted by molar-refractivity contribution is 0.0946. The van der Waals surface area contributed by atoms with E-state index in [0.29, 0.717) is 0 Å². The number of rotatable bonds is 3. The van der Waals surface area contributed by atoms with E-state index in [2.05, 4.69) is 24.4 Å². The largest absolute Gasteiger partial charge is 0.352 e. The number of fused-ring (bicyclic) bond motifs is 1. The van der Waals surface area contributed by atoms with Crippen molar-refractivity contribution in [3.8, 4) is 0 Å². The maximum Gasteiger partial charge on any atom is 0.251 e. The molecule has 3 rings (SSSR count). The van der Waals surface area contributed by atoms with Crippen molar-refractivity contribution in [1.29, 1.82) is 0 Å². The molecule has 0 radical (unpaired) electrons. The Bertz CT molecular complexity index is 650. The zero-order valence-electron chi connectivity index (χ0n) is 11.3. The Balaban J connectivity index is 1.93. The average Bonchev–Trinajstić information content (AvgIpc) is 2.95. The van der Waals surface area contributed by atoms with Gasteiger partial charge in [0, 0.05) is 21.9 Å². The molecule has 0 saturated carbocycles. The van der Waals surface area contributed by atoms with Crippen LogP contribution in [0.3, 0.4) is 0 Å². The Labute approximate surface area is 127 Å². The van der Waals surface area contributed by atoms with Crippen LogP contribution < -0.4 is 5.32 Å². The molecule has 20 heavy (non-hydrogen) atoms. The Morgan fingerprint density at radius 1 is 1.35 bits per heavy atom. The van der Waals surface area contributed by atoms with Gasteiger partial charge in [0.2, 0.25) is 0 Å². The lowest BCUT2D eigenvalue weighted by Gasteiger charge is -2.18. The molecular weight excluding hydrogens is 290 g/mol. The van der Waals surface area contributed by atoms with Gasteiger partial charge in [-0.15, -0.1) is 22.9 Å². The van der Waals surface area contributed by atoms with E-state index >= 15 is 0 Å². The van der Waals surface area contributed by atoms with Crippen LogP contribution in [0.4, 0.5) is 0 Å². The van der Waals surface area contributed by atoms with Crippen molar-refractivity contribution < 1.29 is 4.79 Å². The van der Waals surface area contributed by atoms with Crippen molar-refractivity contribution in [3.63, 3.8) is 0 Å². The minimum absolute atomic E-state index is 0.0115. The smallest absolute Gasteiger partial charge is 0.251 e. The number of amides is 1. The van der Waals surface area contributed by atoms with Gasteiger partial charge in [0.25, 0.3) is 5.91 Å². The fourth-order valence-corrected chi connectivity index (χ4v) is 3.77. The molecule has 0 saturated heterocycles. The lowest BCUT2D eigenvalue weighted by atomic mass is 9.96. The highest BCUT2D eigenvalue weighted by molar-refractivity contribution is 7.12. The van der Waals surface area contributed by atoms with E-state index in [1.807, 2.05) is 18.2 Å². The number of alkyl halides is 1. The number of aryl methyl sites for hydroxylation is 1. The first-order valence-electron chi connectivity index (χ1n) is 6.82. The molecular formula is C16H16ClNOS. The summed E-state index contributed by atoms with van der Waals surface area (Å²) < 4.78 is 0. The number of hydrogen-bond acceptors (Lipinski definition) is 2. The number of nitrogens with one attached hydrogen (secondary N) is 1. The Hall–Kier alpha value is -1.32. The van der Waals surface area contributed by atoms with E-state index in [1.165, 1.54) is 4.88 Å². The molecule has 0 fully saturated rings. The SMILES string of the molecule is CCc1ccc(C(Cl)c2ccc3c(c2)C(=O)NCC3)s1. The second-order valence-electron chi connectivity index (χ2n) is 4.94. The normalized spacial score (nSPS) is 15.6. The van der Waals surface area contributed by atoms with E-state index < -0.39 is 0 Å². The van der Waals surface area contributed by atoms with E-state index in [0.717, 1.165) is 41.0 Å². The number of carbonyl (C=O) groups is 1. The van der Waals surface area contributed by atoms with Gasteiger partial charge in [-0.25, -0.2) is 0 Å². The highest BCUT2D eigenvalue weighted by atomic mass is 35.5. The lowest BCUT2D eigenvalue weighted by Crippen LogP contribution is -2.31. The molecule has 0 bridgehead atoms. The van der Waals surface area contributed by atoms with E-state index in [-0.39, 0.29) is 11.3 Å². The van der Waals surface area contributed by atoms with Crippen molar-refractivity contribution in [3.05, 3.63) is 56.8 Å². The van der Waals surface area contributed by atoms with Crippen molar-refractivity contribution in [2.75, 3.05) is 6.54 Å². The summed E-state index contributed by atoms with van der Waals surface area (Å²) in [5.41, 5.74) is 2.88. The van der Waals surface area contributed by atoms with E-state index in [4.69, 9.17) is 11.6 Å². The summed E-state index contributed by atoms with van der Waals surface area (Å²) in [6.45, 7) is 2.86. The minimum Gasteiger partial charge on any atom is -0.352 e. The van der Waals surface area contributed by atoms with Gasteiger partial charge < -0.3 is 5.32 Å². The first-order chi connectivity index (χ1) is 9.69. The van der Waals surface area contributed by atoms with Gasteiger partial charge in [0.1, 0.15) is 0 Å². The third-order valence-corrected chi connectivity index (χ3v) is 5.54. The molecule has 104 valence electrons. The van der Waals surface area contributed by atoms with Crippen LogP contribution >= 0.6 is 22.9 Å². The van der Waals surface area contributed by atoms with Gasteiger partial charge in [-0.2, -0.15) is 0 Å². The van der Waals surface area contributed by atoms with Crippen LogP contribution in [-0.2, 0) is 12.8 Å². The van der Waals surface area contributed by atoms with Crippen LogP contribution in [0.5, 0.6) is 0 Å². The summed E-state index contributed by atoms with van der Waals surface area (Å²) in [4.78, 5) is 14.4. The standard InChI is InChI=1S/C16H16ClNOS/c1-2-12-5-6-14(20-12)15(17)11-4-3-10-7-8-18-16(19)13(10)9-11/h3-6,9,15H,2,7-8H2,1H3,(H,18,19). The molecule has 1 aliphatic rings. The number of carbonyl (C=O) groups excluding carboxylic acids is 1. The first kappa shape index (κ1) is 13.7. The summed E-state index contributed by atoms with van der Waals surface area (Å²) in [7, 11) is 0. The van der Waals surface area contributed by atoms with Crippen molar-refractivity contribution in [2.45, 2.75) is 25.1 Å². The summed E-state index contributed by atoms with van der Waals surface area (Å²) in [6.07, 6.45) is 1.92. The van der Waals surface area contributed by atoms with Crippen molar-refractivity contribution in [1.82, 2.24) is 5.32 Å². The third kappa shape index (κ3) is 2.48. The number of halogens is 1. The minimum atomic E-state index is -0.180. The molecule has 1 aromatic heterocycles. The second kappa shape index (κ2) is 5.58. The monoisotopic (exact) mass is 305 g/mol. The second-order valence-corrected chi connectivity index (χ2v) is 6.58. The Morgan fingerprint density at radius 2 is 2.20 bits per heavy atom. The van der Waals surface area contributed by atoms with Crippen LogP contribution in [0.15, 0.2) is 30.3 Å². The molecule has 1 aromatic carbocycles. The van der Waals surface area contributed by atoms with Crippen LogP contribution in [0, 0.1) is 0 Å². The molecule has 1 aliphatic heterocycles. The van der Waals surface area contributed by atoms with Crippen LogP contribution in [0.25, 0.3) is 0 Å². The summed E-state index contributed by atoms with van der Waals surface area (Å²) >= 11 is 8.31. The van der Waals surface area contributed by atoms with Gasteiger partial charge in [-0.05, 0) is 42.2 Å². The molecule has 2 heterocycles. The van der Waals surface area contributed by atoms with Gasteiger partial charge >= 0.3 is 0 Å². The van der Waals surface area contributed by atoms with Gasteiger partial charge in [0.15, 0.2) is 0 Å². The van der Waals surface area contributed by atoms with Gasteiger partial charge in [-0.1, -0.05) is 19.1 Å². The third-order valence-electron chi connectivity index (χ3n) is 3.63. The fourth-order valence-electron chi connectivity index (χ4n) is 2.47. The van der Waals surface area contributed by atoms with Gasteiger partial charge in [-0.3, -0.25) is 4.79 Å². The maximum atomic E-state index is 11.9. The molecule has 2 aromatic rings. The maximum absolute atomic E-state index is 11.9. The molecule has 1 amide bonds. The summed E-state index contributed by atoms with van der Waals surface area (Å²) in [5.74, 6) is 0.0115.